The van der Waals surface area contributed by atoms with Crippen LogP contribution < -0.4 is 10.7 Å². The van der Waals surface area contributed by atoms with E-state index in [1.807, 2.05) is 6.92 Å². The van der Waals surface area contributed by atoms with Crippen LogP contribution in [0.25, 0.3) is 0 Å². The Balaban J connectivity index is 2.28. The number of pyridine rings is 1. The highest BCUT2D eigenvalue weighted by atomic mass is 16.3. The number of aromatic amines is 1. The zero-order chi connectivity index (χ0) is 14.0. The van der Waals surface area contributed by atoms with Crippen molar-refractivity contribution in [3.8, 4) is 5.75 Å². The standard InChI is InChI=1S/C14H14N2O3/c1-8-3-4-11(13(18)5-8)16-14(19)10-7-15-9(2)6-12(10)17/h3-7,18H,1-2H3,(H,15,17)(H,16,19). The van der Waals surface area contributed by atoms with Crippen molar-refractivity contribution in [2.45, 2.75) is 13.8 Å². The molecule has 1 aromatic heterocycles. The molecule has 5 heteroatoms. The van der Waals surface area contributed by atoms with E-state index in [2.05, 4.69) is 10.3 Å². The van der Waals surface area contributed by atoms with Crippen LogP contribution in [0.4, 0.5) is 5.69 Å². The van der Waals surface area contributed by atoms with Gasteiger partial charge in [-0.3, -0.25) is 9.59 Å². The second-order valence-electron chi connectivity index (χ2n) is 4.37. The number of anilines is 1. The molecular weight excluding hydrogens is 244 g/mol. The molecule has 0 unspecified atom stereocenters. The highest BCUT2D eigenvalue weighted by molar-refractivity contribution is 6.04. The number of rotatable bonds is 2. The maximum absolute atomic E-state index is 11.9. The van der Waals surface area contributed by atoms with E-state index < -0.39 is 5.91 Å². The number of nitrogens with one attached hydrogen (secondary N) is 2. The van der Waals surface area contributed by atoms with Gasteiger partial charge in [0.25, 0.3) is 5.91 Å². The minimum atomic E-state index is -0.555. The topological polar surface area (TPSA) is 82.2 Å². The van der Waals surface area contributed by atoms with E-state index in [4.69, 9.17) is 0 Å². The summed E-state index contributed by atoms with van der Waals surface area (Å²) in [6.07, 6.45) is 1.36. The van der Waals surface area contributed by atoms with Gasteiger partial charge in [-0.25, -0.2) is 0 Å². The summed E-state index contributed by atoms with van der Waals surface area (Å²) in [5, 5.41) is 12.2. The van der Waals surface area contributed by atoms with E-state index in [0.29, 0.717) is 5.69 Å². The van der Waals surface area contributed by atoms with Gasteiger partial charge in [-0.05, 0) is 31.5 Å². The molecule has 1 heterocycles. The molecule has 0 saturated carbocycles. The van der Waals surface area contributed by atoms with Crippen molar-refractivity contribution in [3.63, 3.8) is 0 Å². The number of carbonyl (C=O) groups is 1. The zero-order valence-corrected chi connectivity index (χ0v) is 10.7. The van der Waals surface area contributed by atoms with Gasteiger partial charge in [0.1, 0.15) is 11.3 Å². The number of aromatic hydroxyl groups is 1. The van der Waals surface area contributed by atoms with E-state index in [-0.39, 0.29) is 22.4 Å². The first kappa shape index (κ1) is 12.9. The molecule has 5 nitrogen and oxygen atoms in total. The molecule has 0 spiro atoms. The summed E-state index contributed by atoms with van der Waals surface area (Å²) >= 11 is 0. The molecule has 2 rings (SSSR count). The largest absolute Gasteiger partial charge is 0.506 e. The highest BCUT2D eigenvalue weighted by Gasteiger charge is 2.12. The Labute approximate surface area is 109 Å². The Bertz CT molecular complexity index is 689. The summed E-state index contributed by atoms with van der Waals surface area (Å²) in [6, 6.07) is 6.23. The van der Waals surface area contributed by atoms with Gasteiger partial charge in [0.2, 0.25) is 0 Å². The lowest BCUT2D eigenvalue weighted by atomic mass is 10.2. The molecule has 0 fully saturated rings. The number of hydrogen-bond donors (Lipinski definition) is 3. The molecule has 1 aromatic carbocycles. The summed E-state index contributed by atoms with van der Waals surface area (Å²) < 4.78 is 0. The minimum absolute atomic E-state index is 0.00516. The third-order valence-electron chi connectivity index (χ3n) is 2.70. The van der Waals surface area contributed by atoms with Crippen molar-refractivity contribution >= 4 is 11.6 Å². The lowest BCUT2D eigenvalue weighted by Crippen LogP contribution is -2.21. The second kappa shape index (κ2) is 4.97. The fraction of sp³-hybridized carbons (Fsp3) is 0.143. The number of benzene rings is 1. The average Bonchev–Trinajstić information content (AvgIpc) is 2.32. The molecular formula is C14H14N2O3. The molecule has 0 aliphatic carbocycles. The first-order chi connectivity index (χ1) is 8.97. The Morgan fingerprint density at radius 2 is 2.00 bits per heavy atom. The van der Waals surface area contributed by atoms with Crippen molar-refractivity contribution in [2.24, 2.45) is 0 Å². The maximum Gasteiger partial charge on any atom is 0.261 e. The molecule has 19 heavy (non-hydrogen) atoms. The number of carbonyl (C=O) groups excluding carboxylic acids is 1. The molecule has 3 N–H and O–H groups in total. The number of phenols is 1. The Kier molecular flexibility index (Phi) is 3.37. The summed E-state index contributed by atoms with van der Waals surface area (Å²) in [4.78, 5) is 26.4. The molecule has 98 valence electrons. The third-order valence-corrected chi connectivity index (χ3v) is 2.70. The molecule has 0 aliphatic heterocycles. The van der Waals surface area contributed by atoms with E-state index in [1.165, 1.54) is 18.3 Å². The van der Waals surface area contributed by atoms with Gasteiger partial charge in [0.05, 0.1) is 5.69 Å². The summed E-state index contributed by atoms with van der Waals surface area (Å²) in [6.45, 7) is 3.56. The van der Waals surface area contributed by atoms with Gasteiger partial charge in [-0.2, -0.15) is 0 Å². The van der Waals surface area contributed by atoms with Crippen LogP contribution in [0.5, 0.6) is 5.75 Å². The summed E-state index contributed by atoms with van der Waals surface area (Å²) in [7, 11) is 0. The maximum atomic E-state index is 11.9. The number of aryl methyl sites for hydroxylation is 2. The molecule has 0 saturated heterocycles. The van der Waals surface area contributed by atoms with Crippen LogP contribution in [0.15, 0.2) is 35.3 Å². The lowest BCUT2D eigenvalue weighted by Gasteiger charge is -2.07. The predicted octanol–water partition coefficient (Wildman–Crippen LogP) is 1.95. The molecule has 0 atom stereocenters. The normalized spacial score (nSPS) is 10.2. The molecule has 0 radical (unpaired) electrons. The summed E-state index contributed by atoms with van der Waals surface area (Å²) in [5.74, 6) is -0.586. The lowest BCUT2D eigenvalue weighted by molar-refractivity contribution is 0.102. The van der Waals surface area contributed by atoms with Crippen LogP contribution in [0.3, 0.4) is 0 Å². The van der Waals surface area contributed by atoms with Crippen molar-refractivity contribution in [1.82, 2.24) is 4.98 Å². The quantitative estimate of drug-likeness (QED) is 0.720. The summed E-state index contributed by atoms with van der Waals surface area (Å²) in [5.41, 5.74) is 1.48. The number of aromatic nitrogens is 1. The van der Waals surface area contributed by atoms with E-state index in [0.717, 1.165) is 5.56 Å². The molecule has 0 aliphatic rings. The van der Waals surface area contributed by atoms with Crippen molar-refractivity contribution in [3.05, 3.63) is 57.5 Å². The van der Waals surface area contributed by atoms with Crippen LogP contribution in [0, 0.1) is 13.8 Å². The number of hydrogen-bond acceptors (Lipinski definition) is 3. The smallest absolute Gasteiger partial charge is 0.261 e. The van der Waals surface area contributed by atoms with Crippen LogP contribution >= 0.6 is 0 Å². The molecule has 2 aromatic rings. The minimum Gasteiger partial charge on any atom is -0.506 e. The fourth-order valence-electron chi connectivity index (χ4n) is 1.69. The Morgan fingerprint density at radius 1 is 1.26 bits per heavy atom. The fourth-order valence-corrected chi connectivity index (χ4v) is 1.69. The molecule has 1 amide bonds. The predicted molar refractivity (Wildman–Crippen MR) is 72.6 cm³/mol. The third kappa shape index (κ3) is 2.82. The highest BCUT2D eigenvalue weighted by Crippen LogP contribution is 2.24. The van der Waals surface area contributed by atoms with Crippen LogP contribution in [-0.4, -0.2) is 16.0 Å². The monoisotopic (exact) mass is 258 g/mol. The number of H-pyrrole nitrogens is 1. The van der Waals surface area contributed by atoms with Gasteiger partial charge in [0.15, 0.2) is 5.43 Å². The van der Waals surface area contributed by atoms with E-state index in [9.17, 15) is 14.7 Å². The molecule has 0 bridgehead atoms. The van der Waals surface area contributed by atoms with Gasteiger partial charge >= 0.3 is 0 Å². The van der Waals surface area contributed by atoms with Gasteiger partial charge < -0.3 is 15.4 Å². The zero-order valence-electron chi connectivity index (χ0n) is 10.7. The van der Waals surface area contributed by atoms with Crippen LogP contribution in [0.1, 0.15) is 21.6 Å². The van der Waals surface area contributed by atoms with Gasteiger partial charge in [-0.1, -0.05) is 6.07 Å². The number of phenolic OH excluding ortho intramolecular Hbond substituents is 1. The van der Waals surface area contributed by atoms with Crippen molar-refractivity contribution < 1.29 is 9.90 Å². The van der Waals surface area contributed by atoms with E-state index >= 15 is 0 Å². The SMILES string of the molecule is Cc1ccc(NC(=O)c2c[nH]c(C)cc2=O)c(O)c1. The number of amides is 1. The first-order valence-corrected chi connectivity index (χ1v) is 5.77. The van der Waals surface area contributed by atoms with Crippen molar-refractivity contribution in [2.75, 3.05) is 5.32 Å². The van der Waals surface area contributed by atoms with Gasteiger partial charge in [0, 0.05) is 18.0 Å². The van der Waals surface area contributed by atoms with Crippen LogP contribution in [0.2, 0.25) is 0 Å². The Hall–Kier alpha value is -2.56. The van der Waals surface area contributed by atoms with E-state index in [1.54, 1.807) is 19.1 Å². The van der Waals surface area contributed by atoms with Crippen molar-refractivity contribution in [1.29, 1.82) is 0 Å². The average molecular weight is 258 g/mol. The Morgan fingerprint density at radius 3 is 2.63 bits per heavy atom. The van der Waals surface area contributed by atoms with Crippen LogP contribution in [-0.2, 0) is 0 Å². The first-order valence-electron chi connectivity index (χ1n) is 5.77. The van der Waals surface area contributed by atoms with Gasteiger partial charge in [-0.15, -0.1) is 0 Å². The second-order valence-corrected chi connectivity index (χ2v) is 4.37.